The number of piperidine rings is 1. The van der Waals surface area contributed by atoms with Gasteiger partial charge in [-0.15, -0.1) is 0 Å². The molecule has 1 aromatic carbocycles. The Morgan fingerprint density at radius 2 is 2.11 bits per heavy atom. The second-order valence-electron chi connectivity index (χ2n) is 4.85. The molecule has 1 aliphatic heterocycles. The molecule has 1 unspecified atom stereocenters. The van der Waals surface area contributed by atoms with E-state index in [1.807, 2.05) is 18.2 Å². The summed E-state index contributed by atoms with van der Waals surface area (Å²) in [6.45, 7) is 1.95. The van der Waals surface area contributed by atoms with E-state index in [9.17, 15) is 0 Å². The van der Waals surface area contributed by atoms with E-state index in [2.05, 4.69) is 33.3 Å². The number of rotatable bonds is 2. The molecule has 3 rings (SSSR count). The Hall–Kier alpha value is -1.81. The van der Waals surface area contributed by atoms with Crippen LogP contribution in [0.5, 0.6) is 0 Å². The second kappa shape index (κ2) is 4.82. The molecule has 1 aromatic heterocycles. The van der Waals surface area contributed by atoms with Crippen LogP contribution < -0.4 is 10.6 Å². The monoisotopic (exact) mass is 242 g/mol. The first kappa shape index (κ1) is 11.3. The van der Waals surface area contributed by atoms with Crippen molar-refractivity contribution in [2.45, 2.75) is 18.9 Å². The molecule has 3 N–H and O–H groups in total. The highest BCUT2D eigenvalue weighted by molar-refractivity contribution is 5.63. The Labute approximate surface area is 107 Å². The lowest BCUT2D eigenvalue weighted by molar-refractivity contribution is 0.503. The van der Waals surface area contributed by atoms with E-state index in [-0.39, 0.29) is 6.04 Å². The number of hydrogen-bond acceptors (Lipinski definition) is 3. The second-order valence-corrected chi connectivity index (χ2v) is 4.85. The van der Waals surface area contributed by atoms with Gasteiger partial charge in [0.05, 0.1) is 5.69 Å². The molecule has 0 aliphatic carbocycles. The lowest BCUT2D eigenvalue weighted by Crippen LogP contribution is -2.43. The van der Waals surface area contributed by atoms with Gasteiger partial charge >= 0.3 is 0 Å². The summed E-state index contributed by atoms with van der Waals surface area (Å²) in [5, 5.41) is 7.50. The number of H-pyrrole nitrogens is 1. The summed E-state index contributed by atoms with van der Waals surface area (Å²) in [7, 11) is 0. The third kappa shape index (κ3) is 2.24. The fourth-order valence-electron chi connectivity index (χ4n) is 2.46. The first-order chi connectivity index (χ1) is 8.83. The van der Waals surface area contributed by atoms with Crippen molar-refractivity contribution < 1.29 is 0 Å². The molecular weight excluding hydrogens is 224 g/mol. The highest BCUT2D eigenvalue weighted by Gasteiger charge is 2.19. The van der Waals surface area contributed by atoms with E-state index in [0.717, 1.165) is 43.0 Å². The number of nitrogens with one attached hydrogen (secondary N) is 1. The molecule has 0 amide bonds. The van der Waals surface area contributed by atoms with Crippen LogP contribution in [-0.2, 0) is 0 Å². The number of aromatic nitrogens is 2. The van der Waals surface area contributed by atoms with Crippen molar-refractivity contribution in [2.24, 2.45) is 5.73 Å². The summed E-state index contributed by atoms with van der Waals surface area (Å²) in [4.78, 5) is 2.26. The fraction of sp³-hybridized carbons (Fsp3) is 0.357. The number of nitrogens with two attached hydrogens (primary N) is 1. The third-order valence-corrected chi connectivity index (χ3v) is 3.43. The van der Waals surface area contributed by atoms with Crippen LogP contribution in [0.4, 0.5) is 5.82 Å². The summed E-state index contributed by atoms with van der Waals surface area (Å²) in [6.07, 6.45) is 2.27. The molecular formula is C14H18N4. The summed E-state index contributed by atoms with van der Waals surface area (Å²) in [5.74, 6) is 1.00. The maximum absolute atomic E-state index is 6.00. The van der Waals surface area contributed by atoms with Gasteiger partial charge in [-0.1, -0.05) is 30.3 Å². The molecule has 18 heavy (non-hydrogen) atoms. The first-order valence-electron chi connectivity index (χ1n) is 6.44. The summed E-state index contributed by atoms with van der Waals surface area (Å²) in [5.41, 5.74) is 8.23. The molecule has 1 saturated heterocycles. The maximum atomic E-state index is 6.00. The maximum Gasteiger partial charge on any atom is 0.151 e. The van der Waals surface area contributed by atoms with Crippen molar-refractivity contribution >= 4 is 5.82 Å². The van der Waals surface area contributed by atoms with Gasteiger partial charge in [-0.25, -0.2) is 0 Å². The van der Waals surface area contributed by atoms with Crippen LogP contribution in [0, 0.1) is 0 Å². The van der Waals surface area contributed by atoms with Crippen molar-refractivity contribution in [2.75, 3.05) is 18.0 Å². The standard InChI is InChI=1S/C14H18N4/c15-12-7-4-8-18(10-12)14-9-13(16-17-14)11-5-2-1-3-6-11/h1-3,5-6,9,12H,4,7-8,10,15H2,(H,16,17). The molecule has 1 aliphatic rings. The number of nitrogens with zero attached hydrogens (tertiary/aromatic N) is 2. The molecule has 0 saturated carbocycles. The lowest BCUT2D eigenvalue weighted by Gasteiger charge is -2.30. The van der Waals surface area contributed by atoms with Crippen molar-refractivity contribution in [3.63, 3.8) is 0 Å². The number of hydrogen-bond donors (Lipinski definition) is 2. The van der Waals surface area contributed by atoms with Crippen molar-refractivity contribution in [3.8, 4) is 11.3 Å². The Balaban J connectivity index is 1.81. The molecule has 4 heteroatoms. The van der Waals surface area contributed by atoms with Crippen molar-refractivity contribution in [3.05, 3.63) is 36.4 Å². The van der Waals surface area contributed by atoms with Crippen LogP contribution >= 0.6 is 0 Å². The van der Waals surface area contributed by atoms with E-state index in [1.54, 1.807) is 0 Å². The zero-order valence-electron chi connectivity index (χ0n) is 10.3. The molecule has 0 radical (unpaired) electrons. The van der Waals surface area contributed by atoms with Crippen LogP contribution in [-0.4, -0.2) is 29.3 Å². The Bertz CT molecular complexity index is 506. The summed E-state index contributed by atoms with van der Waals surface area (Å²) in [6, 6.07) is 12.6. The van der Waals surface area contributed by atoms with Crippen LogP contribution in [0.25, 0.3) is 11.3 Å². The third-order valence-electron chi connectivity index (χ3n) is 3.43. The normalized spacial score (nSPS) is 20.1. The Morgan fingerprint density at radius 3 is 2.89 bits per heavy atom. The van der Waals surface area contributed by atoms with E-state index in [4.69, 9.17) is 5.73 Å². The topological polar surface area (TPSA) is 57.9 Å². The van der Waals surface area contributed by atoms with Gasteiger partial charge in [0.1, 0.15) is 0 Å². The lowest BCUT2D eigenvalue weighted by atomic mass is 10.1. The van der Waals surface area contributed by atoms with E-state index in [0.29, 0.717) is 0 Å². The van der Waals surface area contributed by atoms with Gasteiger partial charge in [0.15, 0.2) is 5.82 Å². The van der Waals surface area contributed by atoms with Crippen LogP contribution in [0.2, 0.25) is 0 Å². The van der Waals surface area contributed by atoms with Crippen LogP contribution in [0.15, 0.2) is 36.4 Å². The predicted octanol–water partition coefficient (Wildman–Crippen LogP) is 2.00. The molecule has 0 bridgehead atoms. The molecule has 4 nitrogen and oxygen atoms in total. The van der Waals surface area contributed by atoms with E-state index < -0.39 is 0 Å². The predicted molar refractivity (Wildman–Crippen MR) is 73.4 cm³/mol. The first-order valence-corrected chi connectivity index (χ1v) is 6.44. The van der Waals surface area contributed by atoms with Crippen molar-refractivity contribution in [1.29, 1.82) is 0 Å². The summed E-state index contributed by atoms with van der Waals surface area (Å²) < 4.78 is 0. The van der Waals surface area contributed by atoms with Crippen LogP contribution in [0.1, 0.15) is 12.8 Å². The van der Waals surface area contributed by atoms with Gasteiger partial charge in [0, 0.05) is 25.2 Å². The van der Waals surface area contributed by atoms with Gasteiger partial charge in [-0.05, 0) is 18.4 Å². The van der Waals surface area contributed by atoms with E-state index in [1.165, 1.54) is 0 Å². The minimum Gasteiger partial charge on any atom is -0.354 e. The molecule has 0 spiro atoms. The largest absolute Gasteiger partial charge is 0.354 e. The van der Waals surface area contributed by atoms with E-state index >= 15 is 0 Å². The van der Waals surface area contributed by atoms with Crippen LogP contribution in [0.3, 0.4) is 0 Å². The molecule has 2 heterocycles. The average Bonchev–Trinajstić information content (AvgIpc) is 2.89. The molecule has 94 valence electrons. The van der Waals surface area contributed by atoms with Gasteiger partial charge in [-0.3, -0.25) is 5.10 Å². The van der Waals surface area contributed by atoms with Crippen molar-refractivity contribution in [1.82, 2.24) is 10.2 Å². The molecule has 1 fully saturated rings. The number of benzene rings is 1. The fourth-order valence-corrected chi connectivity index (χ4v) is 2.46. The zero-order valence-corrected chi connectivity index (χ0v) is 10.3. The number of anilines is 1. The number of aromatic amines is 1. The summed E-state index contributed by atoms with van der Waals surface area (Å²) >= 11 is 0. The van der Waals surface area contributed by atoms with Gasteiger partial charge in [-0.2, -0.15) is 5.10 Å². The highest BCUT2D eigenvalue weighted by Crippen LogP contribution is 2.23. The minimum atomic E-state index is 0.274. The quantitative estimate of drug-likeness (QED) is 0.847. The highest BCUT2D eigenvalue weighted by atomic mass is 15.3. The minimum absolute atomic E-state index is 0.274. The molecule has 2 aromatic rings. The molecule has 1 atom stereocenters. The zero-order chi connectivity index (χ0) is 12.4. The SMILES string of the molecule is NC1CCCN(c2cc(-c3ccccc3)[nH]n2)C1. The Kier molecular flexibility index (Phi) is 3.02. The average molecular weight is 242 g/mol. The van der Waals surface area contributed by atoms with Gasteiger partial charge in [0.2, 0.25) is 0 Å². The Morgan fingerprint density at radius 1 is 1.28 bits per heavy atom. The van der Waals surface area contributed by atoms with Gasteiger partial charge in [0.25, 0.3) is 0 Å². The van der Waals surface area contributed by atoms with Gasteiger partial charge < -0.3 is 10.6 Å². The smallest absolute Gasteiger partial charge is 0.151 e.